The summed E-state index contributed by atoms with van der Waals surface area (Å²) in [4.78, 5) is 10.8. The van der Waals surface area contributed by atoms with Crippen LogP contribution in [-0.4, -0.2) is 28.0 Å². The average molecular weight is 424 g/mol. The van der Waals surface area contributed by atoms with Crippen molar-refractivity contribution in [1.29, 1.82) is 0 Å². The maximum Gasteiger partial charge on any atom is 1.00 e. The van der Waals surface area contributed by atoms with E-state index in [1.807, 2.05) is 36.4 Å². The van der Waals surface area contributed by atoms with Crippen molar-refractivity contribution in [3.05, 3.63) is 59.7 Å². The van der Waals surface area contributed by atoms with Gasteiger partial charge in [0.15, 0.2) is 0 Å². The van der Waals surface area contributed by atoms with Crippen LogP contribution in [-0.2, 0) is 14.8 Å². The summed E-state index contributed by atoms with van der Waals surface area (Å²) in [6, 6.07) is 14.4. The summed E-state index contributed by atoms with van der Waals surface area (Å²) < 4.78 is 27.5. The molecule has 1 heterocycles. The van der Waals surface area contributed by atoms with Crippen molar-refractivity contribution in [1.82, 2.24) is 5.32 Å². The maximum atomic E-state index is 13.1. The SMILES string of the molecule is CN1c2ccccc2C(NCCCCCCC(=O)[O-])c2ccccc2S1(=O)=O.[Na+]. The van der Waals surface area contributed by atoms with Gasteiger partial charge in [-0.15, -0.1) is 0 Å². The van der Waals surface area contributed by atoms with Gasteiger partial charge in [0.05, 0.1) is 16.6 Å². The van der Waals surface area contributed by atoms with Gasteiger partial charge in [0.25, 0.3) is 10.0 Å². The van der Waals surface area contributed by atoms with Gasteiger partial charge in [0.1, 0.15) is 0 Å². The van der Waals surface area contributed by atoms with Crippen molar-refractivity contribution in [3.8, 4) is 0 Å². The Bertz CT molecular complexity index is 949. The van der Waals surface area contributed by atoms with E-state index in [0.717, 1.165) is 30.4 Å². The number of nitrogens with zero attached hydrogens (tertiary/aromatic N) is 1. The smallest absolute Gasteiger partial charge is 0.550 e. The van der Waals surface area contributed by atoms with Crippen molar-refractivity contribution < 1.29 is 47.9 Å². The van der Waals surface area contributed by atoms with Crippen LogP contribution in [0.15, 0.2) is 53.4 Å². The largest absolute Gasteiger partial charge is 1.00 e. The Balaban J connectivity index is 0.00000300. The van der Waals surface area contributed by atoms with Crippen LogP contribution in [0.1, 0.15) is 49.3 Å². The molecule has 0 saturated carbocycles. The van der Waals surface area contributed by atoms with E-state index in [0.29, 0.717) is 23.5 Å². The summed E-state index contributed by atoms with van der Waals surface area (Å²) in [5, 5.41) is 14.0. The summed E-state index contributed by atoms with van der Waals surface area (Å²) in [6.07, 6.45) is 3.36. The fourth-order valence-corrected chi connectivity index (χ4v) is 5.09. The molecule has 1 atom stereocenters. The number of hydrogen-bond acceptors (Lipinski definition) is 5. The third-order valence-corrected chi connectivity index (χ3v) is 6.96. The molecule has 8 heteroatoms. The predicted octanol–water partition coefficient (Wildman–Crippen LogP) is -0.791. The fourth-order valence-electron chi connectivity index (χ4n) is 3.63. The number of unbranched alkanes of at least 4 members (excludes halogenated alkanes) is 3. The van der Waals surface area contributed by atoms with Gasteiger partial charge >= 0.3 is 29.6 Å². The Morgan fingerprint density at radius 1 is 1.00 bits per heavy atom. The third kappa shape index (κ3) is 5.41. The number of carbonyl (C=O) groups excluding carboxylic acids is 1. The molecule has 0 amide bonds. The molecule has 3 rings (SSSR count). The molecular weight excluding hydrogens is 399 g/mol. The minimum atomic E-state index is -3.62. The first-order valence-electron chi connectivity index (χ1n) is 9.53. The van der Waals surface area contributed by atoms with Crippen LogP contribution < -0.4 is 44.3 Å². The molecular formula is C21H25N2NaO4S. The topological polar surface area (TPSA) is 89.5 Å². The van der Waals surface area contributed by atoms with Gasteiger partial charge in [-0.1, -0.05) is 49.2 Å². The van der Waals surface area contributed by atoms with Crippen LogP contribution in [0.25, 0.3) is 0 Å². The van der Waals surface area contributed by atoms with E-state index in [9.17, 15) is 18.3 Å². The standard InChI is InChI=1S/C21H26N2O4S.Na/c1-23-18-12-7-5-10-16(18)21(22-15-9-3-2-4-14-20(24)25)17-11-6-8-13-19(17)28(23,26)27;/h5-8,10-13,21-22H,2-4,9,14-15H2,1H3,(H,24,25);/q;+1/p-1. The molecule has 1 unspecified atom stereocenters. The van der Waals surface area contributed by atoms with Gasteiger partial charge in [0, 0.05) is 13.0 Å². The van der Waals surface area contributed by atoms with Crippen molar-refractivity contribution in [3.63, 3.8) is 0 Å². The van der Waals surface area contributed by atoms with Crippen LogP contribution in [0.4, 0.5) is 5.69 Å². The molecule has 2 aromatic carbocycles. The molecule has 2 aromatic rings. The summed E-state index contributed by atoms with van der Waals surface area (Å²) in [7, 11) is -2.03. The molecule has 1 aliphatic heterocycles. The van der Waals surface area contributed by atoms with E-state index < -0.39 is 16.0 Å². The van der Waals surface area contributed by atoms with Crippen molar-refractivity contribution in [2.75, 3.05) is 17.9 Å². The number of carboxylic acid groups (broad SMARTS) is 1. The Hall–Kier alpha value is -1.38. The fraction of sp³-hybridized carbons (Fsp3) is 0.381. The molecule has 6 nitrogen and oxygen atoms in total. The van der Waals surface area contributed by atoms with Gasteiger partial charge < -0.3 is 15.2 Å². The van der Waals surface area contributed by atoms with Gasteiger partial charge in [-0.3, -0.25) is 4.31 Å². The molecule has 0 fully saturated rings. The first kappa shape index (κ1) is 23.9. The first-order chi connectivity index (χ1) is 13.4. The number of carboxylic acids is 1. The molecule has 0 saturated heterocycles. The van der Waals surface area contributed by atoms with Crippen LogP contribution in [0.2, 0.25) is 0 Å². The third-order valence-electron chi connectivity index (χ3n) is 5.11. The van der Waals surface area contributed by atoms with E-state index in [-0.39, 0.29) is 42.0 Å². The molecule has 1 N–H and O–H groups in total. The number of carbonyl (C=O) groups is 1. The van der Waals surface area contributed by atoms with E-state index >= 15 is 0 Å². The Morgan fingerprint density at radius 3 is 2.34 bits per heavy atom. The zero-order chi connectivity index (χ0) is 20.1. The van der Waals surface area contributed by atoms with Gasteiger partial charge in [-0.2, -0.15) is 0 Å². The normalized spacial score (nSPS) is 16.9. The van der Waals surface area contributed by atoms with E-state index in [1.54, 1.807) is 19.2 Å². The second kappa shape index (κ2) is 10.6. The molecule has 150 valence electrons. The number of anilines is 1. The molecule has 1 aliphatic rings. The molecule has 0 aliphatic carbocycles. The zero-order valence-electron chi connectivity index (χ0n) is 16.9. The molecule has 29 heavy (non-hydrogen) atoms. The number of fused-ring (bicyclic) bond motifs is 2. The second-order valence-corrected chi connectivity index (χ2v) is 8.93. The number of benzene rings is 2. The second-order valence-electron chi connectivity index (χ2n) is 6.99. The number of nitrogens with one attached hydrogen (secondary N) is 1. The Labute approximate surface area is 194 Å². The number of hydrogen-bond donors (Lipinski definition) is 1. The predicted molar refractivity (Wildman–Crippen MR) is 106 cm³/mol. The zero-order valence-corrected chi connectivity index (χ0v) is 19.7. The summed E-state index contributed by atoms with van der Waals surface area (Å²) in [5.41, 5.74) is 2.34. The van der Waals surface area contributed by atoms with E-state index in [4.69, 9.17) is 0 Å². The van der Waals surface area contributed by atoms with Crippen molar-refractivity contribution in [2.45, 2.75) is 43.0 Å². The van der Waals surface area contributed by atoms with Crippen LogP contribution in [0.3, 0.4) is 0 Å². The minimum Gasteiger partial charge on any atom is -0.550 e. The van der Waals surface area contributed by atoms with Crippen molar-refractivity contribution >= 4 is 21.7 Å². The number of sulfonamides is 1. The Kier molecular flexibility index (Phi) is 8.73. The average Bonchev–Trinajstić information content (AvgIpc) is 2.75. The monoisotopic (exact) mass is 424 g/mol. The number of para-hydroxylation sites is 1. The molecule has 0 aromatic heterocycles. The van der Waals surface area contributed by atoms with Crippen molar-refractivity contribution in [2.24, 2.45) is 0 Å². The quantitative estimate of drug-likeness (QED) is 0.443. The number of aliphatic carboxylic acids is 1. The maximum absolute atomic E-state index is 13.1. The molecule has 0 bridgehead atoms. The van der Waals surface area contributed by atoms with Gasteiger partial charge in [-0.25, -0.2) is 8.42 Å². The molecule has 0 spiro atoms. The Morgan fingerprint density at radius 2 is 1.62 bits per heavy atom. The summed E-state index contributed by atoms with van der Waals surface area (Å²) >= 11 is 0. The van der Waals surface area contributed by atoms with E-state index in [2.05, 4.69) is 5.32 Å². The van der Waals surface area contributed by atoms with Crippen LogP contribution in [0.5, 0.6) is 0 Å². The van der Waals surface area contributed by atoms with E-state index in [1.165, 1.54) is 4.31 Å². The van der Waals surface area contributed by atoms with Crippen LogP contribution in [0, 0.1) is 0 Å². The first-order valence-corrected chi connectivity index (χ1v) is 11.0. The van der Waals surface area contributed by atoms with Gasteiger partial charge in [0.2, 0.25) is 0 Å². The van der Waals surface area contributed by atoms with Gasteiger partial charge in [-0.05, 0) is 49.1 Å². The summed E-state index contributed by atoms with van der Waals surface area (Å²) in [6.45, 7) is 0.711. The van der Waals surface area contributed by atoms with Crippen LogP contribution >= 0.6 is 0 Å². The summed E-state index contributed by atoms with van der Waals surface area (Å²) in [5.74, 6) is -1.00. The number of rotatable bonds is 8. The minimum absolute atomic E-state index is 0. The molecule has 0 radical (unpaired) electrons.